The van der Waals surface area contributed by atoms with Crippen molar-refractivity contribution in [2.75, 3.05) is 23.7 Å². The van der Waals surface area contributed by atoms with Crippen LogP contribution in [-0.4, -0.2) is 41.6 Å². The van der Waals surface area contributed by atoms with E-state index in [2.05, 4.69) is 35.5 Å². The molecule has 11 heteroatoms. The lowest BCUT2D eigenvalue weighted by Crippen LogP contribution is -2.29. The Balaban J connectivity index is 1.60. The maximum absolute atomic E-state index is 12.4. The van der Waals surface area contributed by atoms with Crippen LogP contribution >= 0.6 is 0 Å². The normalized spacial score (nSPS) is 11.4. The summed E-state index contributed by atoms with van der Waals surface area (Å²) >= 11 is 0. The van der Waals surface area contributed by atoms with E-state index in [0.717, 1.165) is 5.56 Å². The number of sulfonamides is 1. The highest BCUT2D eigenvalue weighted by atomic mass is 32.2. The Morgan fingerprint density at radius 1 is 1.00 bits per heavy atom. The number of aromatic nitrogens is 4. The zero-order chi connectivity index (χ0) is 21.0. The summed E-state index contributed by atoms with van der Waals surface area (Å²) < 4.78 is 32.3. The maximum atomic E-state index is 12.4. The number of anilines is 3. The van der Waals surface area contributed by atoms with E-state index in [1.807, 2.05) is 19.1 Å². The molecular weight excluding hydrogens is 394 g/mol. The third kappa shape index (κ3) is 5.27. The van der Waals surface area contributed by atoms with E-state index in [1.165, 1.54) is 0 Å². The third-order valence-corrected chi connectivity index (χ3v) is 5.67. The third-order valence-electron chi connectivity index (χ3n) is 3.97. The molecule has 0 amide bonds. The Kier molecular flexibility index (Phi) is 6.09. The number of hydrogen-bond donors (Lipinski definition) is 3. The van der Waals surface area contributed by atoms with Crippen LogP contribution in [0.25, 0.3) is 0 Å². The van der Waals surface area contributed by atoms with Gasteiger partial charge < -0.3 is 15.2 Å². The predicted molar refractivity (Wildman–Crippen MR) is 109 cm³/mol. The molecule has 0 aliphatic rings. The first kappa shape index (κ1) is 20.7. The van der Waals surface area contributed by atoms with Gasteiger partial charge in [-0.15, -0.1) is 0 Å². The van der Waals surface area contributed by atoms with E-state index in [9.17, 15) is 8.42 Å². The Morgan fingerprint density at radius 2 is 1.76 bits per heavy atom. The molecule has 154 valence electrons. The van der Waals surface area contributed by atoms with Crippen LogP contribution in [0.5, 0.6) is 0 Å². The van der Waals surface area contributed by atoms with Crippen molar-refractivity contribution >= 4 is 27.5 Å². The lowest BCUT2D eigenvalue weighted by molar-refractivity contribution is 0.390. The van der Waals surface area contributed by atoms with Crippen molar-refractivity contribution < 1.29 is 12.9 Å². The second kappa shape index (κ2) is 8.53. The number of hydrogen-bond acceptors (Lipinski definition) is 9. The van der Waals surface area contributed by atoms with Gasteiger partial charge in [0, 0.05) is 25.4 Å². The van der Waals surface area contributed by atoms with Gasteiger partial charge in [0.05, 0.1) is 0 Å². The molecule has 0 spiro atoms. The van der Waals surface area contributed by atoms with E-state index in [1.54, 1.807) is 33.0 Å². The molecule has 0 fully saturated rings. The van der Waals surface area contributed by atoms with Gasteiger partial charge in [0.15, 0.2) is 5.76 Å². The molecule has 3 aromatic rings. The van der Waals surface area contributed by atoms with Crippen molar-refractivity contribution in [1.82, 2.24) is 24.8 Å². The summed E-state index contributed by atoms with van der Waals surface area (Å²) in [5.41, 5.74) is 1.41. The lowest BCUT2D eigenvalue weighted by Gasteiger charge is -2.11. The highest BCUT2D eigenvalue weighted by molar-refractivity contribution is 7.89. The molecule has 0 aliphatic heterocycles. The molecule has 10 nitrogen and oxygen atoms in total. The van der Waals surface area contributed by atoms with Crippen molar-refractivity contribution in [3.63, 3.8) is 0 Å². The van der Waals surface area contributed by atoms with Gasteiger partial charge in [0.1, 0.15) is 33.9 Å². The van der Waals surface area contributed by atoms with Gasteiger partial charge in [-0.05, 0) is 45.4 Å². The molecule has 3 heterocycles. The number of aryl methyl sites for hydroxylation is 4. The van der Waals surface area contributed by atoms with Gasteiger partial charge in [-0.25, -0.2) is 28.1 Å². The molecule has 0 saturated heterocycles. The molecule has 0 aliphatic carbocycles. The van der Waals surface area contributed by atoms with Crippen LogP contribution in [0.2, 0.25) is 0 Å². The molecule has 3 N–H and O–H groups in total. The molecule has 29 heavy (non-hydrogen) atoms. The van der Waals surface area contributed by atoms with Gasteiger partial charge in [-0.1, -0.05) is 5.16 Å². The van der Waals surface area contributed by atoms with Gasteiger partial charge in [-0.2, -0.15) is 0 Å². The van der Waals surface area contributed by atoms with Crippen LogP contribution < -0.4 is 15.4 Å². The van der Waals surface area contributed by atoms with Crippen molar-refractivity contribution in [2.24, 2.45) is 0 Å². The van der Waals surface area contributed by atoms with Crippen molar-refractivity contribution in [3.05, 3.63) is 47.2 Å². The van der Waals surface area contributed by atoms with Crippen LogP contribution in [0, 0.1) is 27.7 Å². The minimum absolute atomic E-state index is 0.0764. The average molecular weight is 417 g/mol. The number of nitrogens with one attached hydrogen (secondary N) is 3. The standard InChI is InChI=1S/C18H23N7O3S/c1-11-5-6-19-15(9-11)24-17-10-16(22-14(4)23-17)20-7-8-21-29(26,27)18-12(2)25-28-13(18)3/h5-6,9-10,21H,7-8H2,1-4H3,(H2,19,20,22,23,24). The van der Waals surface area contributed by atoms with Crippen LogP contribution in [0.4, 0.5) is 17.5 Å². The second-order valence-electron chi connectivity index (χ2n) is 6.51. The SMILES string of the molecule is Cc1ccnc(Nc2cc(NCCNS(=O)(=O)c3c(C)noc3C)nc(C)n2)c1. The van der Waals surface area contributed by atoms with E-state index in [4.69, 9.17) is 4.52 Å². The average Bonchev–Trinajstić information content (AvgIpc) is 2.97. The molecule has 0 atom stereocenters. The first-order valence-electron chi connectivity index (χ1n) is 8.96. The fourth-order valence-corrected chi connectivity index (χ4v) is 4.12. The van der Waals surface area contributed by atoms with Crippen LogP contribution in [0.15, 0.2) is 33.8 Å². The molecule has 0 aromatic carbocycles. The first-order chi connectivity index (χ1) is 13.7. The Bertz CT molecular complexity index is 1090. The van der Waals surface area contributed by atoms with Crippen LogP contribution in [0.3, 0.4) is 0 Å². The first-order valence-corrected chi connectivity index (χ1v) is 10.4. The van der Waals surface area contributed by atoms with Crippen molar-refractivity contribution in [2.45, 2.75) is 32.6 Å². The summed E-state index contributed by atoms with van der Waals surface area (Å²) in [6, 6.07) is 5.56. The summed E-state index contributed by atoms with van der Waals surface area (Å²) in [7, 11) is -3.69. The predicted octanol–water partition coefficient (Wildman–Crippen LogP) is 2.23. The smallest absolute Gasteiger partial charge is 0.246 e. The number of nitrogens with zero attached hydrogens (tertiary/aromatic N) is 4. The van der Waals surface area contributed by atoms with Crippen LogP contribution in [0.1, 0.15) is 22.8 Å². The summed E-state index contributed by atoms with van der Waals surface area (Å²) in [6.07, 6.45) is 1.72. The topological polar surface area (TPSA) is 135 Å². The zero-order valence-electron chi connectivity index (χ0n) is 16.6. The zero-order valence-corrected chi connectivity index (χ0v) is 17.5. The van der Waals surface area contributed by atoms with Gasteiger partial charge in [0.25, 0.3) is 0 Å². The van der Waals surface area contributed by atoms with Crippen molar-refractivity contribution in [1.29, 1.82) is 0 Å². The summed E-state index contributed by atoms with van der Waals surface area (Å²) in [5.74, 6) is 2.68. The van der Waals surface area contributed by atoms with E-state index < -0.39 is 10.0 Å². The highest BCUT2D eigenvalue weighted by Crippen LogP contribution is 2.19. The minimum atomic E-state index is -3.69. The fourth-order valence-electron chi connectivity index (χ4n) is 2.76. The largest absolute Gasteiger partial charge is 0.369 e. The second-order valence-corrected chi connectivity index (χ2v) is 8.21. The van der Waals surface area contributed by atoms with Crippen molar-refractivity contribution in [3.8, 4) is 0 Å². The number of rotatable bonds is 8. The van der Waals surface area contributed by atoms with E-state index in [0.29, 0.717) is 35.5 Å². The molecule has 0 saturated carbocycles. The van der Waals surface area contributed by atoms with E-state index >= 15 is 0 Å². The van der Waals surface area contributed by atoms with Gasteiger partial charge in [0.2, 0.25) is 10.0 Å². The minimum Gasteiger partial charge on any atom is -0.369 e. The quantitative estimate of drug-likeness (QED) is 0.471. The monoisotopic (exact) mass is 417 g/mol. The van der Waals surface area contributed by atoms with E-state index in [-0.39, 0.29) is 17.2 Å². The maximum Gasteiger partial charge on any atom is 0.246 e. The molecule has 0 bridgehead atoms. The Hall–Kier alpha value is -3.05. The van der Waals surface area contributed by atoms with Gasteiger partial charge >= 0.3 is 0 Å². The molecule has 3 rings (SSSR count). The molecule has 3 aromatic heterocycles. The van der Waals surface area contributed by atoms with Crippen LogP contribution in [-0.2, 0) is 10.0 Å². The summed E-state index contributed by atoms with van der Waals surface area (Å²) in [6.45, 7) is 7.41. The summed E-state index contributed by atoms with van der Waals surface area (Å²) in [5, 5.41) is 9.91. The highest BCUT2D eigenvalue weighted by Gasteiger charge is 2.23. The molecular formula is C18H23N7O3S. The summed E-state index contributed by atoms with van der Waals surface area (Å²) in [4.78, 5) is 13.0. The molecule has 0 radical (unpaired) electrons. The molecule has 0 unspecified atom stereocenters. The Labute approximate surface area is 169 Å². The Morgan fingerprint density at radius 3 is 2.45 bits per heavy atom. The number of pyridine rings is 1. The van der Waals surface area contributed by atoms with Gasteiger partial charge in [-0.3, -0.25) is 0 Å². The lowest BCUT2D eigenvalue weighted by atomic mass is 10.3. The fraction of sp³-hybridized carbons (Fsp3) is 0.333.